The smallest absolute Gasteiger partial charge is 0.410 e. The van der Waals surface area contributed by atoms with Crippen LogP contribution in [0.3, 0.4) is 0 Å². The van der Waals surface area contributed by atoms with Crippen LogP contribution in [0, 0.1) is 12.7 Å². The van der Waals surface area contributed by atoms with E-state index in [2.05, 4.69) is 4.90 Å². The largest absolute Gasteiger partial charge is 0.490 e. The van der Waals surface area contributed by atoms with E-state index in [1.165, 1.54) is 6.92 Å². The Balaban J connectivity index is 2.09. The third kappa shape index (κ3) is 5.32. The molecule has 8 heteroatoms. The van der Waals surface area contributed by atoms with Crippen LogP contribution in [0.25, 0.3) is 0 Å². The predicted octanol–water partition coefficient (Wildman–Crippen LogP) is 3.53. The van der Waals surface area contributed by atoms with E-state index in [0.29, 0.717) is 25.9 Å². The number of ether oxygens (including phenoxy) is 2. The summed E-state index contributed by atoms with van der Waals surface area (Å²) in [4.78, 5) is 27.3. The van der Waals surface area contributed by atoms with Crippen molar-refractivity contribution >= 4 is 24.0 Å². The molecule has 1 aromatic rings. The number of hydrogen-bond acceptors (Lipinski definition) is 5. The zero-order valence-electron chi connectivity index (χ0n) is 16.3. The maximum absolute atomic E-state index is 13.8. The topological polar surface area (TPSA) is 59.1 Å². The van der Waals surface area contributed by atoms with Gasteiger partial charge < -0.3 is 14.4 Å². The Morgan fingerprint density at radius 2 is 2.07 bits per heavy atom. The van der Waals surface area contributed by atoms with Gasteiger partial charge >= 0.3 is 6.09 Å². The molecule has 0 spiro atoms. The second-order valence-electron chi connectivity index (χ2n) is 7.71. The highest BCUT2D eigenvalue weighted by molar-refractivity contribution is 6.33. The van der Waals surface area contributed by atoms with Crippen LogP contribution in [-0.2, 0) is 4.74 Å². The monoisotopic (exact) mass is 400 g/mol. The van der Waals surface area contributed by atoms with Gasteiger partial charge in [0.25, 0.3) is 0 Å². The van der Waals surface area contributed by atoms with Crippen molar-refractivity contribution in [2.45, 2.75) is 39.3 Å². The average Bonchev–Trinajstić information content (AvgIpc) is 2.58. The summed E-state index contributed by atoms with van der Waals surface area (Å²) in [6.07, 6.45) is 0.145. The number of benzene rings is 1. The standard InChI is InChI=1S/C19H26ClFN2O4/c1-12-15(21)8-13(10-24)17(16(12)20)26-11-14-9-23(7-6-22(14)5)18(25)27-19(2,3)4/h8,10,14H,6-7,9,11H2,1-5H3. The van der Waals surface area contributed by atoms with Crippen LogP contribution in [-0.4, -0.2) is 67.1 Å². The van der Waals surface area contributed by atoms with E-state index in [9.17, 15) is 14.0 Å². The van der Waals surface area contributed by atoms with Crippen molar-refractivity contribution in [3.05, 3.63) is 28.0 Å². The third-order valence-corrected chi connectivity index (χ3v) is 4.86. The fourth-order valence-corrected chi connectivity index (χ4v) is 3.00. The molecular formula is C19H26ClFN2O4. The lowest BCUT2D eigenvalue weighted by Crippen LogP contribution is -2.56. The molecule has 27 heavy (non-hydrogen) atoms. The fourth-order valence-electron chi connectivity index (χ4n) is 2.74. The Morgan fingerprint density at radius 3 is 2.67 bits per heavy atom. The number of carbonyl (C=O) groups excluding carboxylic acids is 2. The van der Waals surface area contributed by atoms with Crippen LogP contribution in [0.5, 0.6) is 5.75 Å². The lowest BCUT2D eigenvalue weighted by Gasteiger charge is -2.39. The zero-order chi connectivity index (χ0) is 20.4. The molecule has 1 aliphatic rings. The Labute approximate surface area is 164 Å². The third-order valence-electron chi connectivity index (χ3n) is 4.41. The van der Waals surface area contributed by atoms with Crippen LogP contribution in [0.15, 0.2) is 6.07 Å². The molecule has 0 radical (unpaired) electrons. The molecular weight excluding hydrogens is 375 g/mol. The number of aldehydes is 1. The molecule has 1 unspecified atom stereocenters. The number of carbonyl (C=O) groups is 2. The molecule has 150 valence electrons. The summed E-state index contributed by atoms with van der Waals surface area (Å²) >= 11 is 6.17. The Morgan fingerprint density at radius 1 is 1.41 bits per heavy atom. The Bertz CT molecular complexity index is 721. The zero-order valence-corrected chi connectivity index (χ0v) is 17.1. The summed E-state index contributed by atoms with van der Waals surface area (Å²) < 4.78 is 25.0. The van der Waals surface area contributed by atoms with Gasteiger partial charge in [-0.3, -0.25) is 9.69 Å². The van der Waals surface area contributed by atoms with E-state index in [1.54, 1.807) is 4.90 Å². The molecule has 0 N–H and O–H groups in total. The highest BCUT2D eigenvalue weighted by Crippen LogP contribution is 2.33. The first-order valence-corrected chi connectivity index (χ1v) is 9.16. The van der Waals surface area contributed by atoms with E-state index in [-0.39, 0.29) is 40.6 Å². The molecule has 1 saturated heterocycles. The molecule has 1 amide bonds. The van der Waals surface area contributed by atoms with E-state index < -0.39 is 11.4 Å². The van der Waals surface area contributed by atoms with Crippen LogP contribution in [0.1, 0.15) is 36.7 Å². The van der Waals surface area contributed by atoms with Gasteiger partial charge in [-0.05, 0) is 40.8 Å². The summed E-state index contributed by atoms with van der Waals surface area (Å²) in [5.41, 5.74) is -0.278. The highest BCUT2D eigenvalue weighted by atomic mass is 35.5. The quantitative estimate of drug-likeness (QED) is 0.723. The number of piperazine rings is 1. The first-order valence-electron chi connectivity index (χ1n) is 8.78. The molecule has 1 aromatic carbocycles. The van der Waals surface area contributed by atoms with Crippen LogP contribution < -0.4 is 4.74 Å². The van der Waals surface area contributed by atoms with Gasteiger partial charge in [0.2, 0.25) is 0 Å². The van der Waals surface area contributed by atoms with Crippen molar-refractivity contribution in [1.29, 1.82) is 0 Å². The number of rotatable bonds is 4. The summed E-state index contributed by atoms with van der Waals surface area (Å²) in [6, 6.07) is 0.994. The van der Waals surface area contributed by atoms with Crippen LogP contribution in [0.2, 0.25) is 5.02 Å². The summed E-state index contributed by atoms with van der Waals surface area (Å²) in [6.45, 7) is 8.81. The lowest BCUT2D eigenvalue weighted by atomic mass is 10.1. The minimum atomic E-state index is -0.565. The van der Waals surface area contributed by atoms with Crippen molar-refractivity contribution in [1.82, 2.24) is 9.80 Å². The SMILES string of the molecule is Cc1c(F)cc(C=O)c(OCC2CN(C(=O)OC(C)(C)C)CCN2C)c1Cl. The molecule has 1 fully saturated rings. The molecule has 1 atom stereocenters. The number of halogens is 2. The molecule has 0 aliphatic carbocycles. The second kappa shape index (κ2) is 8.44. The van der Waals surface area contributed by atoms with E-state index in [4.69, 9.17) is 21.1 Å². The Kier molecular flexibility index (Phi) is 6.70. The fraction of sp³-hybridized carbons (Fsp3) is 0.579. The van der Waals surface area contributed by atoms with Gasteiger partial charge in [-0.25, -0.2) is 9.18 Å². The van der Waals surface area contributed by atoms with Gasteiger partial charge in [-0.15, -0.1) is 0 Å². The predicted molar refractivity (Wildman–Crippen MR) is 101 cm³/mol. The van der Waals surface area contributed by atoms with Crippen molar-refractivity contribution in [2.75, 3.05) is 33.3 Å². The van der Waals surface area contributed by atoms with Gasteiger partial charge in [0.15, 0.2) is 6.29 Å². The number of likely N-dealkylation sites (N-methyl/N-ethyl adjacent to an activating group) is 1. The normalized spacial score (nSPS) is 18.3. The molecule has 1 aliphatic heterocycles. The van der Waals surface area contributed by atoms with Crippen molar-refractivity contribution in [3.8, 4) is 5.75 Å². The first kappa shape index (κ1) is 21.4. The number of nitrogens with zero attached hydrogens (tertiary/aromatic N) is 2. The highest BCUT2D eigenvalue weighted by Gasteiger charge is 2.31. The van der Waals surface area contributed by atoms with E-state index in [1.807, 2.05) is 27.8 Å². The number of amides is 1. The maximum Gasteiger partial charge on any atom is 0.410 e. The van der Waals surface area contributed by atoms with Crippen molar-refractivity contribution in [2.24, 2.45) is 0 Å². The van der Waals surface area contributed by atoms with Gasteiger partial charge in [-0.1, -0.05) is 11.6 Å². The van der Waals surface area contributed by atoms with Crippen LogP contribution >= 0.6 is 11.6 Å². The van der Waals surface area contributed by atoms with Gasteiger partial charge in [0.05, 0.1) is 16.6 Å². The lowest BCUT2D eigenvalue weighted by molar-refractivity contribution is 0.00251. The van der Waals surface area contributed by atoms with E-state index >= 15 is 0 Å². The minimum absolute atomic E-state index is 0.0607. The molecule has 6 nitrogen and oxygen atoms in total. The summed E-state index contributed by atoms with van der Waals surface area (Å²) in [5, 5.41) is 0.0829. The molecule has 1 heterocycles. The van der Waals surface area contributed by atoms with Crippen molar-refractivity contribution < 1.29 is 23.5 Å². The summed E-state index contributed by atoms with van der Waals surface area (Å²) in [7, 11) is 1.93. The summed E-state index contributed by atoms with van der Waals surface area (Å²) in [5.74, 6) is -0.395. The van der Waals surface area contributed by atoms with Crippen LogP contribution in [0.4, 0.5) is 9.18 Å². The second-order valence-corrected chi connectivity index (χ2v) is 8.08. The van der Waals surface area contributed by atoms with Crippen molar-refractivity contribution in [3.63, 3.8) is 0 Å². The molecule has 2 rings (SSSR count). The maximum atomic E-state index is 13.8. The molecule has 0 saturated carbocycles. The Hall–Kier alpha value is -1.86. The minimum Gasteiger partial charge on any atom is -0.490 e. The van der Waals surface area contributed by atoms with E-state index in [0.717, 1.165) is 6.07 Å². The van der Waals surface area contributed by atoms with Gasteiger partial charge in [-0.2, -0.15) is 0 Å². The average molecular weight is 401 g/mol. The number of hydrogen-bond donors (Lipinski definition) is 0. The molecule has 0 aromatic heterocycles. The molecule has 0 bridgehead atoms. The van der Waals surface area contributed by atoms with Gasteiger partial charge in [0, 0.05) is 25.2 Å². The first-order chi connectivity index (χ1) is 12.5. The van der Waals surface area contributed by atoms with Gasteiger partial charge in [0.1, 0.15) is 23.8 Å².